The Balaban J connectivity index is 5.07. The van der Waals surface area contributed by atoms with Crippen LogP contribution in [0.4, 0.5) is 0 Å². The molecular formula is C13H26O. The lowest BCUT2D eigenvalue weighted by Gasteiger charge is -2.49. The summed E-state index contributed by atoms with van der Waals surface area (Å²) in [6.07, 6.45) is 4.77. The molecule has 0 spiro atoms. The second kappa shape index (κ2) is 4.06. The van der Waals surface area contributed by atoms with Gasteiger partial charge in [-0.3, -0.25) is 0 Å². The van der Waals surface area contributed by atoms with Crippen molar-refractivity contribution < 1.29 is 5.11 Å². The lowest BCUT2D eigenvalue weighted by Crippen LogP contribution is -2.52. The number of hydrogen-bond acceptors (Lipinski definition) is 1. The van der Waals surface area contributed by atoms with Gasteiger partial charge in [0, 0.05) is 0 Å². The predicted molar refractivity (Wildman–Crippen MR) is 63.3 cm³/mol. The van der Waals surface area contributed by atoms with Crippen LogP contribution in [-0.2, 0) is 0 Å². The Morgan fingerprint density at radius 3 is 1.50 bits per heavy atom. The first-order valence-corrected chi connectivity index (χ1v) is 5.40. The van der Waals surface area contributed by atoms with Crippen molar-refractivity contribution in [2.24, 2.45) is 10.8 Å². The Labute approximate surface area is 89.2 Å². The van der Waals surface area contributed by atoms with Gasteiger partial charge in [0.05, 0.1) is 5.60 Å². The first kappa shape index (κ1) is 13.7. The van der Waals surface area contributed by atoms with Gasteiger partial charge in [0.15, 0.2) is 0 Å². The summed E-state index contributed by atoms with van der Waals surface area (Å²) in [5.74, 6) is 0. The molecule has 0 amide bonds. The topological polar surface area (TPSA) is 20.2 Å². The molecule has 0 aromatic carbocycles. The Morgan fingerprint density at radius 2 is 1.29 bits per heavy atom. The molecule has 0 aliphatic carbocycles. The van der Waals surface area contributed by atoms with Crippen LogP contribution < -0.4 is 0 Å². The van der Waals surface area contributed by atoms with Gasteiger partial charge in [-0.1, -0.05) is 53.7 Å². The average molecular weight is 198 g/mol. The van der Waals surface area contributed by atoms with E-state index in [0.29, 0.717) is 0 Å². The van der Waals surface area contributed by atoms with E-state index in [1.165, 1.54) is 0 Å². The number of hydrogen-bond donors (Lipinski definition) is 1. The summed E-state index contributed by atoms with van der Waals surface area (Å²) in [5, 5.41) is 10.8. The van der Waals surface area contributed by atoms with Crippen molar-refractivity contribution in [3.8, 4) is 0 Å². The van der Waals surface area contributed by atoms with Crippen molar-refractivity contribution in [1.29, 1.82) is 0 Å². The molecule has 0 atom stereocenters. The monoisotopic (exact) mass is 198 g/mol. The second-order valence-corrected chi connectivity index (χ2v) is 6.13. The summed E-state index contributed by atoms with van der Waals surface area (Å²) in [6.45, 7) is 14.6. The van der Waals surface area contributed by atoms with E-state index in [-0.39, 0.29) is 10.8 Å². The van der Waals surface area contributed by atoms with Crippen LogP contribution in [0.25, 0.3) is 0 Å². The molecule has 1 nitrogen and oxygen atoms in total. The molecule has 0 heterocycles. The molecule has 14 heavy (non-hydrogen) atoms. The fourth-order valence-corrected chi connectivity index (χ4v) is 2.03. The summed E-state index contributed by atoms with van der Waals surface area (Å²) < 4.78 is 0. The van der Waals surface area contributed by atoms with Crippen molar-refractivity contribution >= 4 is 0 Å². The third-order valence-electron chi connectivity index (χ3n) is 3.13. The lowest BCUT2D eigenvalue weighted by molar-refractivity contribution is -0.134. The molecule has 0 bridgehead atoms. The molecule has 0 aliphatic heterocycles. The van der Waals surface area contributed by atoms with Gasteiger partial charge in [0.25, 0.3) is 0 Å². The van der Waals surface area contributed by atoms with E-state index in [2.05, 4.69) is 47.6 Å². The minimum atomic E-state index is -0.660. The molecule has 1 N–H and O–H groups in total. The molecule has 0 aromatic heterocycles. The van der Waals surface area contributed by atoms with E-state index < -0.39 is 5.60 Å². The van der Waals surface area contributed by atoms with Gasteiger partial charge in [0.1, 0.15) is 0 Å². The number of aliphatic hydroxyl groups is 1. The summed E-state index contributed by atoms with van der Waals surface area (Å²) in [7, 11) is 0. The maximum Gasteiger partial charge on any atom is 0.0777 e. The highest BCUT2D eigenvalue weighted by atomic mass is 16.3. The van der Waals surface area contributed by atoms with Crippen molar-refractivity contribution in [3.05, 3.63) is 12.2 Å². The third-order valence-corrected chi connectivity index (χ3v) is 3.13. The molecule has 0 fully saturated rings. The SMILES string of the molecule is C/C=C\CC(O)(C(C)(C)C)C(C)(C)C. The highest BCUT2D eigenvalue weighted by molar-refractivity contribution is 5.03. The Hall–Kier alpha value is -0.300. The van der Waals surface area contributed by atoms with Gasteiger partial charge in [-0.2, -0.15) is 0 Å². The zero-order valence-electron chi connectivity index (χ0n) is 10.8. The molecule has 0 aromatic rings. The fraction of sp³-hybridized carbons (Fsp3) is 0.846. The van der Waals surface area contributed by atoms with Crippen molar-refractivity contribution in [3.63, 3.8) is 0 Å². The molecule has 1 heteroatoms. The molecule has 0 radical (unpaired) electrons. The molecular weight excluding hydrogens is 172 g/mol. The van der Waals surface area contributed by atoms with Crippen LogP contribution in [-0.4, -0.2) is 10.7 Å². The van der Waals surface area contributed by atoms with E-state index in [0.717, 1.165) is 6.42 Å². The van der Waals surface area contributed by atoms with Crippen LogP contribution in [0.15, 0.2) is 12.2 Å². The van der Waals surface area contributed by atoms with Gasteiger partial charge in [0.2, 0.25) is 0 Å². The van der Waals surface area contributed by atoms with Crippen molar-refractivity contribution in [2.45, 2.75) is 60.5 Å². The number of allylic oxidation sites excluding steroid dienone is 1. The first-order valence-electron chi connectivity index (χ1n) is 5.40. The Bertz CT molecular complexity index is 186. The molecule has 84 valence electrons. The summed E-state index contributed by atoms with van der Waals surface area (Å²) in [4.78, 5) is 0. The van der Waals surface area contributed by atoms with E-state index in [9.17, 15) is 5.11 Å². The minimum Gasteiger partial charge on any atom is -0.388 e. The standard InChI is InChI=1S/C13H26O/c1-8-9-10-13(14,11(2,3)4)12(5,6)7/h8-9,14H,10H2,1-7H3/b9-8-. The molecule has 0 saturated carbocycles. The predicted octanol–water partition coefficient (Wildman–Crippen LogP) is 3.78. The van der Waals surface area contributed by atoms with Gasteiger partial charge in [-0.25, -0.2) is 0 Å². The van der Waals surface area contributed by atoms with Crippen LogP contribution in [0.3, 0.4) is 0 Å². The highest BCUT2D eigenvalue weighted by Crippen LogP contribution is 2.46. The van der Waals surface area contributed by atoms with Gasteiger partial charge < -0.3 is 5.11 Å². The summed E-state index contributed by atoms with van der Waals surface area (Å²) in [5.41, 5.74) is -0.873. The quantitative estimate of drug-likeness (QED) is 0.670. The van der Waals surface area contributed by atoms with Crippen LogP contribution in [0.1, 0.15) is 54.9 Å². The van der Waals surface area contributed by atoms with E-state index in [1.54, 1.807) is 0 Å². The average Bonchev–Trinajstić information content (AvgIpc) is 1.95. The second-order valence-electron chi connectivity index (χ2n) is 6.13. The van der Waals surface area contributed by atoms with Crippen molar-refractivity contribution in [2.75, 3.05) is 0 Å². The zero-order valence-corrected chi connectivity index (χ0v) is 10.8. The molecule has 0 aliphatic rings. The zero-order chi connectivity index (χ0) is 11.6. The summed E-state index contributed by atoms with van der Waals surface area (Å²) >= 11 is 0. The minimum absolute atomic E-state index is 0.106. The van der Waals surface area contributed by atoms with Crippen LogP contribution in [0.2, 0.25) is 0 Å². The largest absolute Gasteiger partial charge is 0.388 e. The van der Waals surface area contributed by atoms with Gasteiger partial charge in [-0.15, -0.1) is 0 Å². The summed E-state index contributed by atoms with van der Waals surface area (Å²) in [6, 6.07) is 0. The van der Waals surface area contributed by atoms with Crippen LogP contribution in [0.5, 0.6) is 0 Å². The Kier molecular flexibility index (Phi) is 3.97. The molecule has 0 unspecified atom stereocenters. The van der Waals surface area contributed by atoms with Gasteiger partial charge >= 0.3 is 0 Å². The lowest BCUT2D eigenvalue weighted by atomic mass is 9.61. The van der Waals surface area contributed by atoms with Gasteiger partial charge in [-0.05, 0) is 24.2 Å². The van der Waals surface area contributed by atoms with Crippen LogP contribution in [0, 0.1) is 10.8 Å². The molecule has 0 saturated heterocycles. The Morgan fingerprint density at radius 1 is 0.929 bits per heavy atom. The van der Waals surface area contributed by atoms with E-state index in [1.807, 2.05) is 13.0 Å². The normalized spacial score (nSPS) is 15.1. The smallest absolute Gasteiger partial charge is 0.0777 e. The highest BCUT2D eigenvalue weighted by Gasteiger charge is 2.47. The van der Waals surface area contributed by atoms with Crippen LogP contribution >= 0.6 is 0 Å². The van der Waals surface area contributed by atoms with E-state index >= 15 is 0 Å². The first-order chi connectivity index (χ1) is 6.06. The fourth-order valence-electron chi connectivity index (χ4n) is 2.03. The van der Waals surface area contributed by atoms with E-state index in [4.69, 9.17) is 0 Å². The maximum atomic E-state index is 10.8. The maximum absolute atomic E-state index is 10.8. The van der Waals surface area contributed by atoms with Crippen molar-refractivity contribution in [1.82, 2.24) is 0 Å². The molecule has 0 rings (SSSR count). The number of rotatable bonds is 2. The third kappa shape index (κ3) is 2.60.